The lowest BCUT2D eigenvalue weighted by Crippen LogP contribution is -2.46. The predicted octanol–water partition coefficient (Wildman–Crippen LogP) is 1.62. The summed E-state index contributed by atoms with van der Waals surface area (Å²) in [7, 11) is 0. The highest BCUT2D eigenvalue weighted by atomic mass is 35.5. The quantitative estimate of drug-likeness (QED) is 0.721. The van der Waals surface area contributed by atoms with Gasteiger partial charge in [0.25, 0.3) is 0 Å². The number of halogens is 1. The fourth-order valence-electron chi connectivity index (χ4n) is 1.93. The maximum absolute atomic E-state index is 11.5. The third-order valence-electron chi connectivity index (χ3n) is 2.74. The molecule has 0 spiro atoms. The molecule has 1 aliphatic heterocycles. The topological polar surface area (TPSA) is 67.2 Å². The molecule has 0 saturated heterocycles. The van der Waals surface area contributed by atoms with Gasteiger partial charge in [0.05, 0.1) is 11.6 Å². The Morgan fingerprint density at radius 3 is 2.56 bits per heavy atom. The molecule has 94 valence electrons. The van der Waals surface area contributed by atoms with E-state index in [1.165, 1.54) is 0 Å². The van der Waals surface area contributed by atoms with Crippen LogP contribution < -0.4 is 16.4 Å². The molecule has 4 N–H and O–H groups in total. The minimum atomic E-state index is -0.477. The number of benzene rings is 1. The van der Waals surface area contributed by atoms with E-state index in [2.05, 4.69) is 10.6 Å². The summed E-state index contributed by atoms with van der Waals surface area (Å²) in [5.74, 6) is -0.477. The van der Waals surface area contributed by atoms with Crippen molar-refractivity contribution in [3.63, 3.8) is 0 Å². The second kappa shape index (κ2) is 4.96. The minimum Gasteiger partial charge on any atom is -0.366 e. The number of amides is 1. The maximum Gasteiger partial charge on any atom is 0.248 e. The molecule has 18 heavy (non-hydrogen) atoms. The molecule has 0 radical (unpaired) electrons. The summed E-state index contributed by atoms with van der Waals surface area (Å²) in [6, 6.07) is 6.86. The number of carbonyl (C=O) groups is 1. The lowest BCUT2D eigenvalue weighted by molar-refractivity contribution is -0.115. The van der Waals surface area contributed by atoms with E-state index in [9.17, 15) is 4.79 Å². The Hall–Kier alpha value is -1.59. The van der Waals surface area contributed by atoms with Crippen LogP contribution in [0.3, 0.4) is 0 Å². The summed E-state index contributed by atoms with van der Waals surface area (Å²) in [5, 5.41) is 7.03. The van der Waals surface area contributed by atoms with Crippen molar-refractivity contribution in [1.82, 2.24) is 10.6 Å². The van der Waals surface area contributed by atoms with Gasteiger partial charge in [-0.25, -0.2) is 0 Å². The Balaban J connectivity index is 2.46. The van der Waals surface area contributed by atoms with E-state index < -0.39 is 5.91 Å². The Morgan fingerprint density at radius 2 is 2.00 bits per heavy atom. The van der Waals surface area contributed by atoms with E-state index in [0.717, 1.165) is 5.56 Å². The van der Waals surface area contributed by atoms with Gasteiger partial charge >= 0.3 is 0 Å². The normalized spacial score (nSPS) is 19.2. The van der Waals surface area contributed by atoms with Crippen molar-refractivity contribution in [1.29, 1.82) is 0 Å². The van der Waals surface area contributed by atoms with E-state index in [1.54, 1.807) is 19.1 Å². The largest absolute Gasteiger partial charge is 0.366 e. The van der Waals surface area contributed by atoms with Gasteiger partial charge < -0.3 is 16.4 Å². The van der Waals surface area contributed by atoms with Gasteiger partial charge in [-0.3, -0.25) is 4.79 Å². The molecule has 0 fully saturated rings. The summed E-state index contributed by atoms with van der Waals surface area (Å²) >= 11 is 10.9. The lowest BCUT2D eigenvalue weighted by Gasteiger charge is -2.29. The van der Waals surface area contributed by atoms with Gasteiger partial charge in [0.1, 0.15) is 0 Å². The zero-order valence-electron chi connectivity index (χ0n) is 9.66. The number of rotatable bonds is 2. The third kappa shape index (κ3) is 2.47. The number of nitrogens with two attached hydrogens (primary N) is 1. The van der Waals surface area contributed by atoms with Crippen molar-refractivity contribution in [2.75, 3.05) is 0 Å². The van der Waals surface area contributed by atoms with Gasteiger partial charge in [-0.2, -0.15) is 0 Å². The van der Waals surface area contributed by atoms with Crippen molar-refractivity contribution in [3.8, 4) is 0 Å². The Kier molecular flexibility index (Phi) is 3.54. The van der Waals surface area contributed by atoms with Crippen molar-refractivity contribution in [2.24, 2.45) is 5.73 Å². The minimum absolute atomic E-state index is 0.339. The Labute approximate surface area is 115 Å². The Bertz CT molecular complexity index is 539. The smallest absolute Gasteiger partial charge is 0.248 e. The van der Waals surface area contributed by atoms with Crippen molar-refractivity contribution >= 4 is 34.8 Å². The Morgan fingerprint density at radius 1 is 1.39 bits per heavy atom. The molecular formula is C12H12ClN3OS. The van der Waals surface area contributed by atoms with Crippen LogP contribution in [0.5, 0.6) is 0 Å². The van der Waals surface area contributed by atoms with E-state index in [-0.39, 0.29) is 6.04 Å². The standard InChI is InChI=1S/C12H12ClN3OS/c1-6-9(11(14)17)10(16-12(18)15-6)7-2-4-8(13)5-3-7/h2-5,10H,1H3,(H2,14,17)(H2,15,16,18)/t10-/m0/s1. The van der Waals surface area contributed by atoms with E-state index in [4.69, 9.17) is 29.6 Å². The van der Waals surface area contributed by atoms with Crippen LogP contribution in [0.25, 0.3) is 0 Å². The number of allylic oxidation sites excluding steroid dienone is 1. The number of hydrogen-bond donors (Lipinski definition) is 3. The summed E-state index contributed by atoms with van der Waals surface area (Å²) in [6.45, 7) is 1.77. The zero-order chi connectivity index (χ0) is 13.3. The zero-order valence-corrected chi connectivity index (χ0v) is 11.2. The molecule has 0 bridgehead atoms. The monoisotopic (exact) mass is 281 g/mol. The first kappa shape index (κ1) is 12.9. The molecule has 1 aromatic rings. The highest BCUT2D eigenvalue weighted by Gasteiger charge is 2.28. The highest BCUT2D eigenvalue weighted by molar-refractivity contribution is 7.80. The first-order valence-electron chi connectivity index (χ1n) is 5.32. The average Bonchev–Trinajstić information content (AvgIpc) is 2.28. The average molecular weight is 282 g/mol. The molecule has 6 heteroatoms. The molecule has 4 nitrogen and oxygen atoms in total. The first-order chi connectivity index (χ1) is 8.49. The van der Waals surface area contributed by atoms with E-state index in [0.29, 0.717) is 21.4 Å². The van der Waals surface area contributed by atoms with Crippen LogP contribution in [0.1, 0.15) is 18.5 Å². The number of carbonyl (C=O) groups excluding carboxylic acids is 1. The highest BCUT2D eigenvalue weighted by Crippen LogP contribution is 2.27. The van der Waals surface area contributed by atoms with Crippen LogP contribution >= 0.6 is 23.8 Å². The van der Waals surface area contributed by atoms with E-state index in [1.807, 2.05) is 12.1 Å². The first-order valence-corrected chi connectivity index (χ1v) is 6.11. The molecule has 1 aromatic carbocycles. The van der Waals surface area contributed by atoms with E-state index >= 15 is 0 Å². The number of nitrogens with one attached hydrogen (secondary N) is 2. The van der Waals surface area contributed by atoms with Crippen LogP contribution in [0.15, 0.2) is 35.5 Å². The second-order valence-corrected chi connectivity index (χ2v) is 4.83. The van der Waals surface area contributed by atoms with Crippen LogP contribution in [0.2, 0.25) is 5.02 Å². The SMILES string of the molecule is CC1=C(C(N)=O)[C@H](c2ccc(Cl)cc2)NC(=S)N1. The van der Waals surface area contributed by atoms with Gasteiger partial charge in [0.2, 0.25) is 5.91 Å². The summed E-state index contributed by atoms with van der Waals surface area (Å²) in [4.78, 5) is 11.5. The molecule has 0 unspecified atom stereocenters. The predicted molar refractivity (Wildman–Crippen MR) is 75.0 cm³/mol. The molecule has 0 saturated carbocycles. The number of hydrogen-bond acceptors (Lipinski definition) is 2. The molecule has 1 aliphatic rings. The molecular weight excluding hydrogens is 270 g/mol. The molecule has 1 amide bonds. The third-order valence-corrected chi connectivity index (χ3v) is 3.21. The lowest BCUT2D eigenvalue weighted by atomic mass is 9.95. The fourth-order valence-corrected chi connectivity index (χ4v) is 2.32. The van der Waals surface area contributed by atoms with Gasteiger partial charge in [0.15, 0.2) is 5.11 Å². The van der Waals surface area contributed by atoms with Gasteiger partial charge in [0, 0.05) is 10.7 Å². The number of primary amides is 1. The van der Waals surface area contributed by atoms with Crippen LogP contribution in [-0.4, -0.2) is 11.0 Å². The van der Waals surface area contributed by atoms with Gasteiger partial charge in [-0.15, -0.1) is 0 Å². The van der Waals surface area contributed by atoms with Crippen LogP contribution in [0, 0.1) is 0 Å². The van der Waals surface area contributed by atoms with Crippen LogP contribution in [-0.2, 0) is 4.79 Å². The molecule has 1 atom stereocenters. The maximum atomic E-state index is 11.5. The summed E-state index contributed by atoms with van der Waals surface area (Å²) in [6.07, 6.45) is 0. The fraction of sp³-hybridized carbons (Fsp3) is 0.167. The molecule has 0 aliphatic carbocycles. The summed E-state index contributed by atoms with van der Waals surface area (Å²) in [5.41, 5.74) is 7.45. The van der Waals surface area contributed by atoms with Crippen molar-refractivity contribution in [3.05, 3.63) is 46.1 Å². The number of thiocarbonyl (C=S) groups is 1. The van der Waals surface area contributed by atoms with Crippen molar-refractivity contribution in [2.45, 2.75) is 13.0 Å². The second-order valence-electron chi connectivity index (χ2n) is 3.99. The van der Waals surface area contributed by atoms with Crippen molar-refractivity contribution < 1.29 is 4.79 Å². The molecule has 0 aromatic heterocycles. The van der Waals surface area contributed by atoms with Crippen LogP contribution in [0.4, 0.5) is 0 Å². The summed E-state index contributed by atoms with van der Waals surface area (Å²) < 4.78 is 0. The van der Waals surface area contributed by atoms with Gasteiger partial charge in [-0.1, -0.05) is 23.7 Å². The molecule has 2 rings (SSSR count). The van der Waals surface area contributed by atoms with Gasteiger partial charge in [-0.05, 0) is 36.8 Å². The molecule has 1 heterocycles.